The van der Waals surface area contributed by atoms with E-state index in [1.165, 1.54) is 21.3 Å². The topological polar surface area (TPSA) is 75.6 Å². The Kier molecular flexibility index (Phi) is 4.41. The second kappa shape index (κ2) is 6.25. The second-order valence-corrected chi connectivity index (χ2v) is 3.81. The summed E-state index contributed by atoms with van der Waals surface area (Å²) in [6.07, 6.45) is 0. The molecule has 0 aliphatic rings. The minimum absolute atomic E-state index is 0.0235. The third kappa shape index (κ3) is 3.00. The van der Waals surface area contributed by atoms with Crippen LogP contribution in [-0.4, -0.2) is 36.3 Å². The van der Waals surface area contributed by atoms with Crippen LogP contribution in [0.5, 0.6) is 29.3 Å². The third-order valence-corrected chi connectivity index (χ3v) is 2.49. The van der Waals surface area contributed by atoms with E-state index in [1.54, 1.807) is 18.2 Å². The van der Waals surface area contributed by atoms with Crippen molar-refractivity contribution in [2.24, 2.45) is 0 Å². The summed E-state index contributed by atoms with van der Waals surface area (Å²) in [5.41, 5.74) is 0. The van der Waals surface area contributed by atoms with E-state index in [0.717, 1.165) is 0 Å². The van der Waals surface area contributed by atoms with Crippen molar-refractivity contribution in [3.63, 3.8) is 0 Å². The fraction of sp³-hybridized carbons (Fsp3) is 0.250. The van der Waals surface area contributed by atoms with E-state index in [2.05, 4.69) is 15.0 Å². The van der Waals surface area contributed by atoms with Crippen LogP contribution in [0.2, 0.25) is 5.28 Å². The lowest BCUT2D eigenvalue weighted by Gasteiger charge is -2.12. The van der Waals surface area contributed by atoms with Crippen molar-refractivity contribution < 1.29 is 18.9 Å². The van der Waals surface area contributed by atoms with Crippen LogP contribution < -0.4 is 18.9 Å². The largest absolute Gasteiger partial charge is 0.493 e. The molecule has 1 heterocycles. The zero-order chi connectivity index (χ0) is 14.5. The lowest BCUT2D eigenvalue weighted by molar-refractivity contribution is 0.325. The van der Waals surface area contributed by atoms with Gasteiger partial charge in [0.15, 0.2) is 11.5 Å². The van der Waals surface area contributed by atoms with Gasteiger partial charge < -0.3 is 18.9 Å². The number of methoxy groups -OCH3 is 3. The molecule has 0 unspecified atom stereocenters. The number of aromatic nitrogens is 3. The van der Waals surface area contributed by atoms with Gasteiger partial charge in [-0.25, -0.2) is 0 Å². The first-order chi connectivity index (χ1) is 9.67. The average Bonchev–Trinajstić information content (AvgIpc) is 2.46. The van der Waals surface area contributed by atoms with Crippen molar-refractivity contribution in [2.75, 3.05) is 21.3 Å². The van der Waals surface area contributed by atoms with Crippen LogP contribution in [0.1, 0.15) is 0 Å². The summed E-state index contributed by atoms with van der Waals surface area (Å²) in [5, 5.41) is -0.0410. The highest BCUT2D eigenvalue weighted by Gasteiger charge is 2.15. The molecule has 1 aromatic heterocycles. The maximum Gasteiger partial charge on any atom is 0.329 e. The summed E-state index contributed by atoms with van der Waals surface area (Å²) in [5.74, 6) is 1.28. The van der Waals surface area contributed by atoms with E-state index in [4.69, 9.17) is 30.5 Å². The molecule has 0 aliphatic heterocycles. The van der Waals surface area contributed by atoms with E-state index >= 15 is 0 Å². The summed E-state index contributed by atoms with van der Waals surface area (Å²) in [4.78, 5) is 11.6. The summed E-state index contributed by atoms with van der Waals surface area (Å²) in [6, 6.07) is 5.24. The average molecular weight is 298 g/mol. The van der Waals surface area contributed by atoms with Crippen LogP contribution in [0.25, 0.3) is 0 Å². The molecule has 7 nitrogen and oxygen atoms in total. The number of hydrogen-bond donors (Lipinski definition) is 0. The molecule has 0 atom stereocenters. The molecule has 0 spiro atoms. The van der Waals surface area contributed by atoms with Crippen molar-refractivity contribution in [2.45, 2.75) is 0 Å². The zero-order valence-corrected chi connectivity index (χ0v) is 11.8. The SMILES string of the molecule is COc1nc(Cl)nc(Oc2c(OC)cccc2OC)n1. The highest BCUT2D eigenvalue weighted by atomic mass is 35.5. The van der Waals surface area contributed by atoms with Gasteiger partial charge in [-0.05, 0) is 23.7 Å². The highest BCUT2D eigenvalue weighted by molar-refractivity contribution is 6.28. The van der Waals surface area contributed by atoms with Crippen molar-refractivity contribution in [3.05, 3.63) is 23.5 Å². The first kappa shape index (κ1) is 14.1. The number of hydrogen-bond acceptors (Lipinski definition) is 7. The Balaban J connectivity index is 2.41. The molecule has 0 amide bonds. The van der Waals surface area contributed by atoms with Crippen molar-refractivity contribution >= 4 is 11.6 Å². The smallest absolute Gasteiger partial charge is 0.329 e. The molecule has 8 heteroatoms. The number of ether oxygens (including phenoxy) is 4. The second-order valence-electron chi connectivity index (χ2n) is 3.47. The molecular weight excluding hydrogens is 286 g/mol. The zero-order valence-electron chi connectivity index (χ0n) is 11.1. The van der Waals surface area contributed by atoms with Gasteiger partial charge in [-0.1, -0.05) is 6.07 Å². The van der Waals surface area contributed by atoms with E-state index in [1.807, 2.05) is 0 Å². The van der Waals surface area contributed by atoms with Crippen molar-refractivity contribution in [3.8, 4) is 29.3 Å². The van der Waals surface area contributed by atoms with Crippen molar-refractivity contribution in [1.82, 2.24) is 15.0 Å². The fourth-order valence-corrected chi connectivity index (χ4v) is 1.61. The van der Waals surface area contributed by atoms with Gasteiger partial charge in [0.25, 0.3) is 0 Å². The normalized spacial score (nSPS) is 10.0. The first-order valence-corrected chi connectivity index (χ1v) is 5.90. The Bertz CT molecular complexity index is 587. The molecule has 0 fully saturated rings. The van der Waals surface area contributed by atoms with Crippen LogP contribution in [0.3, 0.4) is 0 Å². The predicted molar refractivity (Wildman–Crippen MR) is 71.0 cm³/mol. The van der Waals surface area contributed by atoms with E-state index in [9.17, 15) is 0 Å². The van der Waals surface area contributed by atoms with Crippen molar-refractivity contribution in [1.29, 1.82) is 0 Å². The first-order valence-electron chi connectivity index (χ1n) is 5.52. The molecule has 0 radical (unpaired) electrons. The summed E-state index contributed by atoms with van der Waals surface area (Å²) in [6.45, 7) is 0. The predicted octanol–water partition coefficient (Wildman–Crippen LogP) is 2.34. The van der Waals surface area contributed by atoms with Crippen LogP contribution >= 0.6 is 11.6 Å². The van der Waals surface area contributed by atoms with Gasteiger partial charge in [-0.15, -0.1) is 4.98 Å². The van der Waals surface area contributed by atoms with Gasteiger partial charge in [-0.2, -0.15) is 9.97 Å². The molecular formula is C12H12ClN3O4. The Morgan fingerprint density at radius 2 is 1.45 bits per heavy atom. The van der Waals surface area contributed by atoms with Gasteiger partial charge in [0.1, 0.15) is 0 Å². The van der Waals surface area contributed by atoms with Crippen LogP contribution in [0.15, 0.2) is 18.2 Å². The maximum absolute atomic E-state index is 5.76. The number of nitrogens with zero attached hydrogens (tertiary/aromatic N) is 3. The number of halogens is 1. The van der Waals surface area contributed by atoms with Gasteiger partial charge in [0, 0.05) is 0 Å². The van der Waals surface area contributed by atoms with Gasteiger partial charge in [0.2, 0.25) is 11.0 Å². The van der Waals surface area contributed by atoms with Gasteiger partial charge in [0.05, 0.1) is 21.3 Å². The molecule has 1 aromatic carbocycles. The Hall–Kier alpha value is -2.28. The van der Waals surface area contributed by atoms with E-state index in [-0.39, 0.29) is 17.3 Å². The molecule has 0 aliphatic carbocycles. The van der Waals surface area contributed by atoms with Gasteiger partial charge in [-0.3, -0.25) is 0 Å². The Morgan fingerprint density at radius 3 is 2.00 bits per heavy atom. The lowest BCUT2D eigenvalue weighted by Crippen LogP contribution is -2.00. The molecule has 2 aromatic rings. The van der Waals surface area contributed by atoms with Crippen LogP contribution in [0, 0.1) is 0 Å². The molecule has 106 valence electrons. The van der Waals surface area contributed by atoms with Crippen LogP contribution in [-0.2, 0) is 0 Å². The fourth-order valence-electron chi connectivity index (χ4n) is 1.46. The molecule has 20 heavy (non-hydrogen) atoms. The van der Waals surface area contributed by atoms with E-state index < -0.39 is 0 Å². The number of para-hydroxylation sites is 1. The molecule has 0 saturated heterocycles. The quantitative estimate of drug-likeness (QED) is 0.838. The summed E-state index contributed by atoms with van der Waals surface area (Å²) >= 11 is 5.76. The maximum atomic E-state index is 5.76. The summed E-state index contributed by atoms with van der Waals surface area (Å²) < 4.78 is 20.9. The van der Waals surface area contributed by atoms with Crippen LogP contribution in [0.4, 0.5) is 0 Å². The minimum atomic E-state index is -0.0410. The standard InChI is InChI=1S/C12H12ClN3O4/c1-17-7-5-4-6-8(18-2)9(7)20-12-15-10(13)14-11(16-12)19-3/h4-6H,1-3H3. The monoisotopic (exact) mass is 297 g/mol. The third-order valence-electron chi connectivity index (χ3n) is 2.33. The number of benzene rings is 1. The highest BCUT2D eigenvalue weighted by Crippen LogP contribution is 2.39. The molecule has 0 bridgehead atoms. The lowest BCUT2D eigenvalue weighted by atomic mass is 10.3. The molecule has 2 rings (SSSR count). The van der Waals surface area contributed by atoms with Gasteiger partial charge >= 0.3 is 12.0 Å². The number of rotatable bonds is 5. The summed E-state index contributed by atoms with van der Waals surface area (Å²) in [7, 11) is 4.45. The Morgan fingerprint density at radius 1 is 0.850 bits per heavy atom. The van der Waals surface area contributed by atoms with E-state index in [0.29, 0.717) is 17.2 Å². The molecule has 0 N–H and O–H groups in total. The Labute approximate surface area is 120 Å². The molecule has 0 saturated carbocycles. The minimum Gasteiger partial charge on any atom is -0.493 e.